The number of nitrogens with two attached hydrogens (primary N) is 1. The smallest absolute Gasteiger partial charge is 0.243 e. The molecule has 8 heteroatoms. The molecule has 0 amide bonds. The molecule has 5 nitrogen and oxygen atoms in total. The van der Waals surface area contributed by atoms with Gasteiger partial charge in [0.25, 0.3) is 0 Å². The van der Waals surface area contributed by atoms with Gasteiger partial charge in [-0.15, -0.1) is 0 Å². The SMILES string of the molecule is Nc1cc(Cl)c(F)c(S(=O)(=O)NCCCN2CCCC2)c1. The lowest BCUT2D eigenvalue weighted by atomic mass is 10.3. The van der Waals surface area contributed by atoms with Gasteiger partial charge in [0.1, 0.15) is 4.90 Å². The topological polar surface area (TPSA) is 75.4 Å². The van der Waals surface area contributed by atoms with Gasteiger partial charge in [-0.25, -0.2) is 17.5 Å². The van der Waals surface area contributed by atoms with Crippen LogP contribution in [-0.4, -0.2) is 39.5 Å². The van der Waals surface area contributed by atoms with Crippen molar-refractivity contribution in [2.24, 2.45) is 0 Å². The van der Waals surface area contributed by atoms with Crippen LogP contribution in [0.2, 0.25) is 5.02 Å². The highest BCUT2D eigenvalue weighted by Crippen LogP contribution is 2.25. The number of nitrogen functional groups attached to an aromatic ring is 1. The van der Waals surface area contributed by atoms with Gasteiger partial charge in [0.15, 0.2) is 5.82 Å². The van der Waals surface area contributed by atoms with E-state index in [0.29, 0.717) is 6.42 Å². The number of anilines is 1. The second kappa shape index (κ2) is 6.91. The standard InChI is InChI=1S/C13H19ClFN3O2S/c14-11-8-10(16)9-12(13(11)15)21(19,20)17-4-3-7-18-5-1-2-6-18/h8-9,17H,1-7,16H2. The van der Waals surface area contributed by atoms with Crippen LogP contribution in [-0.2, 0) is 10.0 Å². The van der Waals surface area contributed by atoms with Crippen LogP contribution in [0, 0.1) is 5.82 Å². The van der Waals surface area contributed by atoms with Crippen molar-refractivity contribution in [1.82, 2.24) is 9.62 Å². The van der Waals surface area contributed by atoms with E-state index in [-0.39, 0.29) is 17.3 Å². The molecule has 1 saturated heterocycles. The van der Waals surface area contributed by atoms with Gasteiger partial charge in [-0.3, -0.25) is 0 Å². The van der Waals surface area contributed by atoms with E-state index in [4.69, 9.17) is 17.3 Å². The average Bonchev–Trinajstić information content (AvgIpc) is 2.92. The number of hydrogen-bond acceptors (Lipinski definition) is 4. The van der Waals surface area contributed by atoms with Crippen LogP contribution >= 0.6 is 11.6 Å². The minimum Gasteiger partial charge on any atom is -0.399 e. The Morgan fingerprint density at radius 2 is 2.00 bits per heavy atom. The molecule has 0 radical (unpaired) electrons. The van der Waals surface area contributed by atoms with E-state index in [1.54, 1.807) is 0 Å². The summed E-state index contributed by atoms with van der Waals surface area (Å²) < 4.78 is 40.4. The van der Waals surface area contributed by atoms with Crippen molar-refractivity contribution in [3.8, 4) is 0 Å². The van der Waals surface area contributed by atoms with Crippen LogP contribution in [0.1, 0.15) is 19.3 Å². The Morgan fingerprint density at radius 3 is 2.67 bits per heavy atom. The second-order valence-electron chi connectivity index (χ2n) is 5.11. The molecule has 1 heterocycles. The van der Waals surface area contributed by atoms with Gasteiger partial charge < -0.3 is 10.6 Å². The van der Waals surface area contributed by atoms with Gasteiger partial charge in [0, 0.05) is 12.2 Å². The maximum Gasteiger partial charge on any atom is 0.243 e. The molecule has 1 aromatic rings. The van der Waals surface area contributed by atoms with Gasteiger partial charge in [-0.2, -0.15) is 0 Å². The first-order chi connectivity index (χ1) is 9.90. The number of benzene rings is 1. The zero-order chi connectivity index (χ0) is 15.5. The van der Waals surface area contributed by atoms with Gasteiger partial charge in [-0.1, -0.05) is 11.6 Å². The van der Waals surface area contributed by atoms with Crippen LogP contribution in [0.4, 0.5) is 10.1 Å². The summed E-state index contributed by atoms with van der Waals surface area (Å²) in [5.41, 5.74) is 5.62. The summed E-state index contributed by atoms with van der Waals surface area (Å²) >= 11 is 5.62. The Morgan fingerprint density at radius 1 is 1.33 bits per heavy atom. The molecule has 3 N–H and O–H groups in total. The van der Waals surface area contributed by atoms with E-state index in [1.807, 2.05) is 0 Å². The van der Waals surface area contributed by atoms with Crippen molar-refractivity contribution < 1.29 is 12.8 Å². The summed E-state index contributed by atoms with van der Waals surface area (Å²) in [5.74, 6) is -0.974. The highest BCUT2D eigenvalue weighted by Gasteiger charge is 2.21. The molecule has 0 aromatic heterocycles. The number of likely N-dealkylation sites (tertiary alicyclic amines) is 1. The molecule has 1 aliphatic rings. The molecule has 0 bridgehead atoms. The molecule has 21 heavy (non-hydrogen) atoms. The minimum atomic E-state index is -3.94. The molecule has 0 atom stereocenters. The second-order valence-corrected chi connectivity index (χ2v) is 7.26. The Balaban J connectivity index is 1.95. The highest BCUT2D eigenvalue weighted by atomic mass is 35.5. The maximum atomic E-state index is 13.8. The van der Waals surface area contributed by atoms with Gasteiger partial charge in [0.2, 0.25) is 10.0 Å². The predicted octanol–water partition coefficient (Wildman–Crippen LogP) is 1.83. The van der Waals surface area contributed by atoms with Gasteiger partial charge >= 0.3 is 0 Å². The van der Waals surface area contributed by atoms with E-state index in [9.17, 15) is 12.8 Å². The number of nitrogens with one attached hydrogen (secondary N) is 1. The van der Waals surface area contributed by atoms with Crippen molar-refractivity contribution in [3.05, 3.63) is 23.0 Å². The summed E-state index contributed by atoms with van der Waals surface area (Å²) in [6.07, 6.45) is 3.06. The summed E-state index contributed by atoms with van der Waals surface area (Å²) in [7, 11) is -3.94. The van der Waals surface area contributed by atoms with Crippen LogP contribution in [0.3, 0.4) is 0 Å². The number of nitrogens with zero attached hydrogens (tertiary/aromatic N) is 1. The first kappa shape index (κ1) is 16.5. The molecule has 1 fully saturated rings. The third-order valence-corrected chi connectivity index (χ3v) is 5.18. The average molecular weight is 336 g/mol. The first-order valence-corrected chi connectivity index (χ1v) is 8.73. The predicted molar refractivity (Wildman–Crippen MR) is 81.3 cm³/mol. The van der Waals surface area contributed by atoms with E-state index < -0.39 is 20.7 Å². The third kappa shape index (κ3) is 4.29. The molecular weight excluding hydrogens is 317 g/mol. The number of rotatable bonds is 6. The number of sulfonamides is 1. The van der Waals surface area contributed by atoms with Gasteiger partial charge in [0.05, 0.1) is 5.02 Å². The van der Waals surface area contributed by atoms with E-state index >= 15 is 0 Å². The van der Waals surface area contributed by atoms with E-state index in [2.05, 4.69) is 9.62 Å². The minimum absolute atomic E-state index is 0.110. The van der Waals surface area contributed by atoms with Crippen molar-refractivity contribution in [3.63, 3.8) is 0 Å². The zero-order valence-electron chi connectivity index (χ0n) is 11.6. The van der Waals surface area contributed by atoms with Crippen molar-refractivity contribution in [1.29, 1.82) is 0 Å². The fourth-order valence-electron chi connectivity index (χ4n) is 2.37. The summed E-state index contributed by atoms with van der Waals surface area (Å²) in [6, 6.07) is 2.26. The van der Waals surface area contributed by atoms with Crippen LogP contribution in [0.5, 0.6) is 0 Å². The lowest BCUT2D eigenvalue weighted by Gasteiger charge is -2.14. The van der Waals surface area contributed by atoms with Gasteiger partial charge in [-0.05, 0) is 51.0 Å². The van der Waals surface area contributed by atoms with E-state index in [0.717, 1.165) is 25.7 Å². The Labute approximate surface area is 129 Å². The molecular formula is C13H19ClFN3O2S. The molecule has 1 aromatic carbocycles. The molecule has 0 saturated carbocycles. The molecule has 0 spiro atoms. The zero-order valence-corrected chi connectivity index (χ0v) is 13.2. The Hall–Kier alpha value is -0.890. The lowest BCUT2D eigenvalue weighted by molar-refractivity contribution is 0.334. The van der Waals surface area contributed by atoms with Crippen molar-refractivity contribution in [2.75, 3.05) is 31.9 Å². The first-order valence-electron chi connectivity index (χ1n) is 6.87. The quantitative estimate of drug-likeness (QED) is 0.614. The van der Waals surface area contributed by atoms with Crippen LogP contribution in [0.25, 0.3) is 0 Å². The normalized spacial score (nSPS) is 16.5. The van der Waals surface area contributed by atoms with Crippen molar-refractivity contribution in [2.45, 2.75) is 24.2 Å². The summed E-state index contributed by atoms with van der Waals surface area (Å²) in [5, 5.41) is -0.299. The summed E-state index contributed by atoms with van der Waals surface area (Å²) in [6.45, 7) is 3.21. The fourth-order valence-corrected chi connectivity index (χ4v) is 3.86. The molecule has 1 aliphatic heterocycles. The molecule has 2 rings (SSSR count). The third-order valence-electron chi connectivity index (χ3n) is 3.45. The van der Waals surface area contributed by atoms with Crippen LogP contribution < -0.4 is 10.5 Å². The Kier molecular flexibility index (Phi) is 5.43. The highest BCUT2D eigenvalue weighted by molar-refractivity contribution is 7.89. The van der Waals surface area contributed by atoms with Crippen molar-refractivity contribution >= 4 is 27.3 Å². The molecule has 0 aliphatic carbocycles. The molecule has 0 unspecified atom stereocenters. The Bertz CT molecular complexity index is 604. The lowest BCUT2D eigenvalue weighted by Crippen LogP contribution is -2.29. The molecule has 118 valence electrons. The number of hydrogen-bond donors (Lipinski definition) is 2. The maximum absolute atomic E-state index is 13.8. The van der Waals surface area contributed by atoms with E-state index in [1.165, 1.54) is 18.9 Å². The summed E-state index contributed by atoms with van der Waals surface area (Å²) in [4.78, 5) is 1.78. The van der Waals surface area contributed by atoms with Crippen LogP contribution in [0.15, 0.2) is 17.0 Å². The number of halogens is 2. The monoisotopic (exact) mass is 335 g/mol. The largest absolute Gasteiger partial charge is 0.399 e. The fraction of sp³-hybridized carbons (Fsp3) is 0.538.